The van der Waals surface area contributed by atoms with E-state index in [9.17, 15) is 9.59 Å². The van der Waals surface area contributed by atoms with Gasteiger partial charge in [0.2, 0.25) is 5.91 Å². The summed E-state index contributed by atoms with van der Waals surface area (Å²) in [4.78, 5) is 28.0. The molecule has 1 aliphatic heterocycles. The fraction of sp³-hybridized carbons (Fsp3) is 0.381. The Morgan fingerprint density at radius 1 is 1.31 bits per heavy atom. The number of amides is 2. The molecule has 6 nitrogen and oxygen atoms in total. The van der Waals surface area contributed by atoms with E-state index in [0.717, 1.165) is 16.2 Å². The average Bonchev–Trinajstić information content (AvgIpc) is 3.40. The number of halogens is 1. The number of carbonyl (C=O) groups is 2. The predicted octanol–water partition coefficient (Wildman–Crippen LogP) is 3.96. The van der Waals surface area contributed by atoms with Crippen LogP contribution >= 0.6 is 22.9 Å². The fourth-order valence-electron chi connectivity index (χ4n) is 3.23. The van der Waals surface area contributed by atoms with E-state index in [1.807, 2.05) is 41.8 Å². The molecule has 0 radical (unpaired) electrons. The van der Waals surface area contributed by atoms with Crippen LogP contribution in [0.15, 0.2) is 46.9 Å². The third-order valence-electron chi connectivity index (χ3n) is 4.77. The van der Waals surface area contributed by atoms with Gasteiger partial charge in [0.05, 0.1) is 23.2 Å². The van der Waals surface area contributed by atoms with Crippen LogP contribution in [0.5, 0.6) is 0 Å². The molecule has 0 bridgehead atoms. The van der Waals surface area contributed by atoms with E-state index >= 15 is 0 Å². The Morgan fingerprint density at radius 2 is 2.07 bits per heavy atom. The van der Waals surface area contributed by atoms with Crippen LogP contribution in [-0.4, -0.2) is 54.2 Å². The van der Waals surface area contributed by atoms with E-state index in [2.05, 4.69) is 5.10 Å². The van der Waals surface area contributed by atoms with Gasteiger partial charge in [-0.1, -0.05) is 36.7 Å². The van der Waals surface area contributed by atoms with Crippen molar-refractivity contribution in [2.45, 2.75) is 25.8 Å². The lowest BCUT2D eigenvalue weighted by atomic mass is 10.0. The van der Waals surface area contributed by atoms with Crippen molar-refractivity contribution < 1.29 is 14.3 Å². The maximum atomic E-state index is 13.2. The number of carbonyl (C=O) groups excluding carboxylic acids is 2. The highest BCUT2D eigenvalue weighted by atomic mass is 35.5. The van der Waals surface area contributed by atoms with Crippen LogP contribution < -0.4 is 0 Å². The number of benzene rings is 1. The van der Waals surface area contributed by atoms with Crippen LogP contribution in [0.1, 0.15) is 36.2 Å². The van der Waals surface area contributed by atoms with Crippen molar-refractivity contribution in [3.63, 3.8) is 0 Å². The van der Waals surface area contributed by atoms with E-state index in [1.54, 1.807) is 25.4 Å². The van der Waals surface area contributed by atoms with Gasteiger partial charge in [-0.2, -0.15) is 5.10 Å². The molecule has 0 saturated heterocycles. The Morgan fingerprint density at radius 3 is 2.69 bits per heavy atom. The van der Waals surface area contributed by atoms with E-state index < -0.39 is 0 Å². The first-order valence-corrected chi connectivity index (χ1v) is 10.7. The third-order valence-corrected chi connectivity index (χ3v) is 5.94. The van der Waals surface area contributed by atoms with Crippen LogP contribution in [0.4, 0.5) is 0 Å². The van der Waals surface area contributed by atoms with Crippen molar-refractivity contribution >= 4 is 40.5 Å². The fourth-order valence-corrected chi connectivity index (χ4v) is 4.08. The maximum absolute atomic E-state index is 13.2. The Kier molecular flexibility index (Phi) is 7.41. The van der Waals surface area contributed by atoms with Gasteiger partial charge in [0.15, 0.2) is 0 Å². The molecule has 1 aromatic heterocycles. The summed E-state index contributed by atoms with van der Waals surface area (Å²) >= 11 is 7.63. The van der Waals surface area contributed by atoms with Gasteiger partial charge in [-0.15, -0.1) is 11.3 Å². The molecule has 2 aromatic rings. The molecule has 0 unspecified atom stereocenters. The number of thiophene rings is 1. The zero-order valence-corrected chi connectivity index (χ0v) is 18.1. The molecule has 154 valence electrons. The Bertz CT molecular complexity index is 868. The molecule has 8 heteroatoms. The van der Waals surface area contributed by atoms with Gasteiger partial charge in [0.1, 0.15) is 6.54 Å². The van der Waals surface area contributed by atoms with E-state index in [4.69, 9.17) is 16.3 Å². The van der Waals surface area contributed by atoms with Gasteiger partial charge in [-0.05, 0) is 29.1 Å². The number of hydrogen-bond acceptors (Lipinski definition) is 5. The first kappa shape index (κ1) is 21.5. The summed E-state index contributed by atoms with van der Waals surface area (Å²) in [5.74, 6) is -0.297. The molecule has 29 heavy (non-hydrogen) atoms. The van der Waals surface area contributed by atoms with Crippen molar-refractivity contribution in [2.24, 2.45) is 5.10 Å². The molecule has 0 N–H and O–H groups in total. The number of hydrogen-bond donors (Lipinski definition) is 0. The van der Waals surface area contributed by atoms with Crippen molar-refractivity contribution in [3.05, 3.63) is 57.2 Å². The quantitative estimate of drug-likeness (QED) is 0.632. The SMILES string of the molecule is CCC(=O)N(CCOC)CC(=O)N1N=C(c2cccs2)C[C@H]1c1ccc(Cl)cc1. The minimum Gasteiger partial charge on any atom is -0.383 e. The number of ether oxygens (including phenoxy) is 1. The molecule has 2 amide bonds. The van der Waals surface area contributed by atoms with Crippen molar-refractivity contribution in [1.29, 1.82) is 0 Å². The second-order valence-electron chi connectivity index (χ2n) is 6.70. The second-order valence-corrected chi connectivity index (χ2v) is 8.08. The zero-order chi connectivity index (χ0) is 20.8. The molecule has 0 aliphatic carbocycles. The summed E-state index contributed by atoms with van der Waals surface area (Å²) in [6.45, 7) is 2.51. The van der Waals surface area contributed by atoms with Crippen LogP contribution in [0.2, 0.25) is 5.02 Å². The van der Waals surface area contributed by atoms with E-state index in [1.165, 1.54) is 9.91 Å². The van der Waals surface area contributed by atoms with Crippen LogP contribution in [0, 0.1) is 0 Å². The number of hydrazone groups is 1. The topological polar surface area (TPSA) is 62.2 Å². The highest BCUT2D eigenvalue weighted by Crippen LogP contribution is 2.34. The highest BCUT2D eigenvalue weighted by Gasteiger charge is 2.34. The van der Waals surface area contributed by atoms with Gasteiger partial charge in [-0.25, -0.2) is 5.01 Å². The van der Waals surface area contributed by atoms with Gasteiger partial charge >= 0.3 is 0 Å². The summed E-state index contributed by atoms with van der Waals surface area (Å²) in [5.41, 5.74) is 1.84. The number of nitrogens with zero attached hydrogens (tertiary/aromatic N) is 3. The molecule has 3 rings (SSSR count). The molecule has 1 aromatic carbocycles. The largest absolute Gasteiger partial charge is 0.383 e. The van der Waals surface area contributed by atoms with Crippen LogP contribution in [0.25, 0.3) is 0 Å². The van der Waals surface area contributed by atoms with Gasteiger partial charge < -0.3 is 9.64 Å². The predicted molar refractivity (Wildman–Crippen MR) is 115 cm³/mol. The summed E-state index contributed by atoms with van der Waals surface area (Å²) in [5, 5.41) is 8.79. The lowest BCUT2D eigenvalue weighted by Gasteiger charge is -2.26. The summed E-state index contributed by atoms with van der Waals surface area (Å²) in [7, 11) is 1.57. The zero-order valence-electron chi connectivity index (χ0n) is 16.5. The van der Waals surface area contributed by atoms with Gasteiger partial charge in [0.25, 0.3) is 5.91 Å². The minimum absolute atomic E-state index is 0.0264. The van der Waals surface area contributed by atoms with Crippen molar-refractivity contribution in [2.75, 3.05) is 26.8 Å². The van der Waals surface area contributed by atoms with Gasteiger partial charge in [-0.3, -0.25) is 9.59 Å². The molecule has 1 atom stereocenters. The van der Waals surface area contributed by atoms with E-state index in [0.29, 0.717) is 31.0 Å². The Labute approximate surface area is 179 Å². The highest BCUT2D eigenvalue weighted by molar-refractivity contribution is 7.12. The Hall–Kier alpha value is -2.22. The number of methoxy groups -OCH3 is 1. The molecule has 0 saturated carbocycles. The standard InChI is InChI=1S/C21H24ClN3O3S/c1-3-20(26)24(10-11-28-2)14-21(27)25-18(15-6-8-16(22)9-7-15)13-17(23-25)19-5-4-12-29-19/h4-9,12,18H,3,10-11,13-14H2,1-2H3/t18-/m0/s1. The molecule has 0 fully saturated rings. The van der Waals surface area contributed by atoms with Crippen molar-refractivity contribution in [3.8, 4) is 0 Å². The maximum Gasteiger partial charge on any atom is 0.262 e. The first-order valence-electron chi connectivity index (χ1n) is 9.49. The summed E-state index contributed by atoms with van der Waals surface area (Å²) in [6, 6.07) is 11.2. The Balaban J connectivity index is 1.85. The van der Waals surface area contributed by atoms with Crippen molar-refractivity contribution in [1.82, 2.24) is 9.91 Å². The third kappa shape index (κ3) is 5.23. The first-order chi connectivity index (χ1) is 14.0. The smallest absolute Gasteiger partial charge is 0.262 e. The second kappa shape index (κ2) is 10.0. The van der Waals surface area contributed by atoms with Crippen LogP contribution in [-0.2, 0) is 14.3 Å². The van der Waals surface area contributed by atoms with Crippen LogP contribution in [0.3, 0.4) is 0 Å². The molecular formula is C21H24ClN3O3S. The number of rotatable bonds is 8. The molecule has 0 spiro atoms. The monoisotopic (exact) mass is 433 g/mol. The summed E-state index contributed by atoms with van der Waals surface area (Å²) in [6.07, 6.45) is 0.953. The lowest BCUT2D eigenvalue weighted by molar-refractivity contribution is -0.141. The van der Waals surface area contributed by atoms with E-state index in [-0.39, 0.29) is 24.4 Å². The molecule has 2 heterocycles. The molecule has 1 aliphatic rings. The molecular weight excluding hydrogens is 410 g/mol. The van der Waals surface area contributed by atoms with Gasteiger partial charge in [0, 0.05) is 31.5 Å². The normalized spacial score (nSPS) is 16.0. The lowest BCUT2D eigenvalue weighted by Crippen LogP contribution is -2.42. The minimum atomic E-state index is -0.224. The average molecular weight is 434 g/mol. The summed E-state index contributed by atoms with van der Waals surface area (Å²) < 4.78 is 5.08.